The predicted molar refractivity (Wildman–Crippen MR) is 66.9 cm³/mol. The van der Waals surface area contributed by atoms with Crippen molar-refractivity contribution in [1.29, 1.82) is 5.26 Å². The molecule has 1 saturated carbocycles. The molecular weight excluding hydrogens is 250 g/mol. The van der Waals surface area contributed by atoms with Crippen LogP contribution in [-0.2, 0) is 9.84 Å². The summed E-state index contributed by atoms with van der Waals surface area (Å²) in [6.45, 7) is 0.480. The van der Waals surface area contributed by atoms with Crippen LogP contribution in [0.15, 0.2) is 29.2 Å². The highest BCUT2D eigenvalue weighted by Crippen LogP contribution is 2.48. The Hall–Kier alpha value is -1.54. The largest absolute Gasteiger partial charge is 0.493 e. The molecule has 0 unspecified atom stereocenters. The quantitative estimate of drug-likeness (QED) is 0.818. The maximum Gasteiger partial charge on any atom is 0.175 e. The Morgan fingerprint density at radius 3 is 2.72 bits per heavy atom. The molecule has 1 aliphatic carbocycles. The van der Waals surface area contributed by atoms with Crippen LogP contribution in [0.25, 0.3) is 0 Å². The van der Waals surface area contributed by atoms with E-state index >= 15 is 0 Å². The molecule has 0 saturated heterocycles. The van der Waals surface area contributed by atoms with Gasteiger partial charge in [0.05, 0.1) is 17.6 Å². The van der Waals surface area contributed by atoms with Crippen LogP contribution in [0.4, 0.5) is 0 Å². The van der Waals surface area contributed by atoms with E-state index in [0.29, 0.717) is 18.8 Å². The third kappa shape index (κ3) is 3.02. The van der Waals surface area contributed by atoms with Gasteiger partial charge in [-0.2, -0.15) is 5.26 Å². The monoisotopic (exact) mass is 265 g/mol. The molecule has 2 rings (SSSR count). The minimum Gasteiger partial charge on any atom is -0.493 e. The minimum atomic E-state index is -3.21. The summed E-state index contributed by atoms with van der Waals surface area (Å²) in [4.78, 5) is 0.255. The van der Waals surface area contributed by atoms with Gasteiger partial charge in [0.2, 0.25) is 0 Å². The molecule has 5 heteroatoms. The van der Waals surface area contributed by atoms with Crippen LogP contribution in [0.2, 0.25) is 0 Å². The number of nitrogens with zero attached hydrogens (tertiary/aromatic N) is 1. The fourth-order valence-corrected chi connectivity index (χ4v) is 2.40. The van der Waals surface area contributed by atoms with E-state index in [2.05, 4.69) is 6.07 Å². The lowest BCUT2D eigenvalue weighted by molar-refractivity contribution is 0.236. The lowest BCUT2D eigenvalue weighted by atomic mass is 10.1. The summed E-state index contributed by atoms with van der Waals surface area (Å²) in [5.74, 6) is 0.544. The smallest absolute Gasteiger partial charge is 0.175 e. The van der Waals surface area contributed by atoms with Crippen molar-refractivity contribution in [3.63, 3.8) is 0 Å². The fourth-order valence-electron chi connectivity index (χ4n) is 1.75. The lowest BCUT2D eigenvalue weighted by Crippen LogP contribution is -2.12. The first kappa shape index (κ1) is 12.9. The van der Waals surface area contributed by atoms with Crippen molar-refractivity contribution in [3.8, 4) is 11.8 Å². The van der Waals surface area contributed by atoms with Gasteiger partial charge in [-0.05, 0) is 31.0 Å². The lowest BCUT2D eigenvalue weighted by Gasteiger charge is -2.13. The zero-order valence-corrected chi connectivity index (χ0v) is 11.0. The van der Waals surface area contributed by atoms with Gasteiger partial charge in [0.25, 0.3) is 0 Å². The maximum absolute atomic E-state index is 11.4. The SMILES string of the molecule is CS(=O)(=O)c1cccc(OCC2(CC#N)CC2)c1. The van der Waals surface area contributed by atoms with Crippen LogP contribution in [0.3, 0.4) is 0 Å². The molecule has 0 atom stereocenters. The van der Waals surface area contributed by atoms with Gasteiger partial charge >= 0.3 is 0 Å². The van der Waals surface area contributed by atoms with Gasteiger partial charge in [-0.1, -0.05) is 6.07 Å². The van der Waals surface area contributed by atoms with Gasteiger partial charge in [0.15, 0.2) is 9.84 Å². The highest BCUT2D eigenvalue weighted by Gasteiger charge is 2.43. The van der Waals surface area contributed by atoms with Crippen LogP contribution in [0.5, 0.6) is 5.75 Å². The molecule has 0 amide bonds. The zero-order chi connectivity index (χ0) is 13.2. The average Bonchev–Trinajstić information content (AvgIpc) is 3.07. The number of sulfone groups is 1. The Balaban J connectivity index is 2.05. The van der Waals surface area contributed by atoms with Crippen molar-refractivity contribution in [3.05, 3.63) is 24.3 Å². The molecule has 0 heterocycles. The Bertz CT molecular complexity index is 582. The molecule has 4 nitrogen and oxygen atoms in total. The molecule has 18 heavy (non-hydrogen) atoms. The first-order valence-corrected chi connectivity index (χ1v) is 7.64. The summed E-state index contributed by atoms with van der Waals surface area (Å²) in [6, 6.07) is 8.63. The average molecular weight is 265 g/mol. The van der Waals surface area contributed by atoms with E-state index < -0.39 is 9.84 Å². The number of nitriles is 1. The molecule has 1 aliphatic rings. The molecule has 0 N–H and O–H groups in total. The Kier molecular flexibility index (Phi) is 3.31. The van der Waals surface area contributed by atoms with E-state index in [9.17, 15) is 8.42 Å². The highest BCUT2D eigenvalue weighted by atomic mass is 32.2. The highest BCUT2D eigenvalue weighted by molar-refractivity contribution is 7.90. The van der Waals surface area contributed by atoms with Gasteiger partial charge < -0.3 is 4.74 Å². The molecule has 1 fully saturated rings. The van der Waals surface area contributed by atoms with Gasteiger partial charge in [0.1, 0.15) is 5.75 Å². The predicted octanol–water partition coefficient (Wildman–Crippen LogP) is 2.16. The Labute approximate surface area is 107 Å². The third-order valence-electron chi connectivity index (χ3n) is 3.19. The molecule has 0 bridgehead atoms. The summed E-state index contributed by atoms with van der Waals surface area (Å²) in [5.41, 5.74) is -0.00412. The number of rotatable bonds is 5. The summed E-state index contributed by atoms with van der Waals surface area (Å²) >= 11 is 0. The number of ether oxygens (including phenoxy) is 1. The number of hydrogen-bond acceptors (Lipinski definition) is 4. The summed E-state index contributed by atoms with van der Waals surface area (Å²) < 4.78 is 28.4. The van der Waals surface area contributed by atoms with Crippen LogP contribution in [-0.4, -0.2) is 21.3 Å². The number of benzene rings is 1. The summed E-state index contributed by atoms with van der Waals surface area (Å²) in [7, 11) is -3.21. The second-order valence-corrected chi connectivity index (χ2v) is 6.89. The second kappa shape index (κ2) is 4.62. The van der Waals surface area contributed by atoms with Gasteiger partial charge in [0, 0.05) is 18.1 Å². The molecule has 0 aliphatic heterocycles. The first-order chi connectivity index (χ1) is 8.45. The van der Waals surface area contributed by atoms with Crippen LogP contribution in [0.1, 0.15) is 19.3 Å². The topological polar surface area (TPSA) is 67.2 Å². The molecule has 96 valence electrons. The first-order valence-electron chi connectivity index (χ1n) is 5.75. The Morgan fingerprint density at radius 1 is 1.44 bits per heavy atom. The molecular formula is C13H15NO3S. The van der Waals surface area contributed by atoms with Crippen molar-refractivity contribution in [2.75, 3.05) is 12.9 Å². The van der Waals surface area contributed by atoms with Crippen LogP contribution < -0.4 is 4.74 Å². The standard InChI is InChI=1S/C13H15NO3S/c1-18(15,16)12-4-2-3-11(9-12)17-10-13(5-6-13)7-8-14/h2-4,9H,5-7,10H2,1H3. The van der Waals surface area contributed by atoms with E-state index in [1.807, 2.05) is 0 Å². The zero-order valence-electron chi connectivity index (χ0n) is 10.2. The van der Waals surface area contributed by atoms with Crippen molar-refractivity contribution >= 4 is 9.84 Å². The van der Waals surface area contributed by atoms with Crippen LogP contribution >= 0.6 is 0 Å². The summed E-state index contributed by atoms with van der Waals surface area (Å²) in [6.07, 6.45) is 3.68. The van der Waals surface area contributed by atoms with E-state index in [-0.39, 0.29) is 10.3 Å². The minimum absolute atomic E-state index is 0.00412. The van der Waals surface area contributed by atoms with Crippen LogP contribution in [0, 0.1) is 16.7 Å². The van der Waals surface area contributed by atoms with Crippen molar-refractivity contribution in [2.45, 2.75) is 24.2 Å². The molecule has 0 spiro atoms. The fraction of sp³-hybridized carbons (Fsp3) is 0.462. The molecule has 0 aromatic heterocycles. The van der Waals surface area contributed by atoms with E-state index in [1.54, 1.807) is 18.2 Å². The van der Waals surface area contributed by atoms with E-state index in [0.717, 1.165) is 12.8 Å². The molecule has 0 radical (unpaired) electrons. The van der Waals surface area contributed by atoms with Crippen molar-refractivity contribution in [1.82, 2.24) is 0 Å². The normalized spacial score (nSPS) is 16.9. The van der Waals surface area contributed by atoms with Gasteiger partial charge in [-0.25, -0.2) is 8.42 Å². The molecule has 1 aromatic carbocycles. The summed E-state index contributed by atoms with van der Waals surface area (Å²) in [5, 5.41) is 8.70. The number of hydrogen-bond donors (Lipinski definition) is 0. The van der Waals surface area contributed by atoms with Crippen molar-refractivity contribution < 1.29 is 13.2 Å². The third-order valence-corrected chi connectivity index (χ3v) is 4.30. The molecule has 1 aromatic rings. The van der Waals surface area contributed by atoms with E-state index in [4.69, 9.17) is 10.00 Å². The maximum atomic E-state index is 11.4. The second-order valence-electron chi connectivity index (χ2n) is 4.87. The Morgan fingerprint density at radius 2 is 2.17 bits per heavy atom. The van der Waals surface area contributed by atoms with Gasteiger partial charge in [-0.15, -0.1) is 0 Å². The van der Waals surface area contributed by atoms with Gasteiger partial charge in [-0.3, -0.25) is 0 Å². The van der Waals surface area contributed by atoms with E-state index in [1.165, 1.54) is 12.3 Å². The van der Waals surface area contributed by atoms with Crippen molar-refractivity contribution in [2.24, 2.45) is 5.41 Å².